The Morgan fingerprint density at radius 2 is 2.26 bits per heavy atom. The van der Waals surface area contributed by atoms with E-state index >= 15 is 0 Å². The number of pyridine rings is 1. The van der Waals surface area contributed by atoms with Gasteiger partial charge >= 0.3 is 0 Å². The minimum absolute atomic E-state index is 0.335. The first-order valence-corrected chi connectivity index (χ1v) is 9.75. The number of sulfone groups is 1. The van der Waals surface area contributed by atoms with E-state index in [0.29, 0.717) is 10.8 Å². The van der Waals surface area contributed by atoms with Crippen molar-refractivity contribution >= 4 is 9.84 Å². The lowest BCUT2D eigenvalue weighted by Gasteiger charge is -2.32. The standard InChI is InChI=1S/C16H22N4O2S/c1-23(21,22)16-10-18-19-15(16)8-13-5-3-7-20(11-13)12-14-4-2-6-17-9-14/h2,4,6,9-10,13H,3,5,7-8,11-12H2,1H3,(H,18,19)/t13-/m1/s1. The second-order valence-corrected chi connectivity index (χ2v) is 8.28. The zero-order chi connectivity index (χ0) is 16.3. The molecule has 1 saturated heterocycles. The van der Waals surface area contributed by atoms with Crippen LogP contribution in [0.2, 0.25) is 0 Å². The number of hydrogen-bond acceptors (Lipinski definition) is 5. The van der Waals surface area contributed by atoms with E-state index in [0.717, 1.165) is 44.6 Å². The van der Waals surface area contributed by atoms with E-state index in [1.165, 1.54) is 18.0 Å². The molecule has 1 aliphatic heterocycles. The molecule has 0 radical (unpaired) electrons. The molecule has 2 aromatic rings. The predicted octanol–water partition coefficient (Wildman–Crippen LogP) is 1.66. The third kappa shape index (κ3) is 4.17. The van der Waals surface area contributed by atoms with E-state index in [1.54, 1.807) is 6.20 Å². The van der Waals surface area contributed by atoms with Crippen LogP contribution in [0.3, 0.4) is 0 Å². The van der Waals surface area contributed by atoms with Crippen LogP contribution in [0.25, 0.3) is 0 Å². The highest BCUT2D eigenvalue weighted by Crippen LogP contribution is 2.24. The van der Waals surface area contributed by atoms with Crippen molar-refractivity contribution in [3.8, 4) is 0 Å². The number of nitrogens with zero attached hydrogens (tertiary/aromatic N) is 3. The molecule has 1 aliphatic rings. The van der Waals surface area contributed by atoms with Crippen LogP contribution in [0.15, 0.2) is 35.6 Å². The molecule has 1 atom stereocenters. The Kier molecular flexibility index (Phi) is 4.77. The molecule has 2 aromatic heterocycles. The van der Waals surface area contributed by atoms with Crippen molar-refractivity contribution in [1.82, 2.24) is 20.1 Å². The molecule has 0 aromatic carbocycles. The maximum atomic E-state index is 11.8. The van der Waals surface area contributed by atoms with Crippen molar-refractivity contribution in [2.45, 2.75) is 30.7 Å². The molecule has 3 heterocycles. The molecule has 6 nitrogen and oxygen atoms in total. The molecule has 7 heteroatoms. The van der Waals surface area contributed by atoms with Crippen molar-refractivity contribution < 1.29 is 8.42 Å². The van der Waals surface area contributed by atoms with Crippen LogP contribution in [-0.2, 0) is 22.8 Å². The number of rotatable bonds is 5. The van der Waals surface area contributed by atoms with Gasteiger partial charge in [-0.15, -0.1) is 0 Å². The lowest BCUT2D eigenvalue weighted by atomic mass is 9.93. The van der Waals surface area contributed by atoms with Gasteiger partial charge in [-0.25, -0.2) is 8.42 Å². The summed E-state index contributed by atoms with van der Waals surface area (Å²) in [5.74, 6) is 0.446. The van der Waals surface area contributed by atoms with Crippen molar-refractivity contribution in [1.29, 1.82) is 0 Å². The second-order valence-electron chi connectivity index (χ2n) is 6.29. The summed E-state index contributed by atoms with van der Waals surface area (Å²) in [5, 5.41) is 6.78. The fourth-order valence-corrected chi connectivity index (χ4v) is 4.09. The van der Waals surface area contributed by atoms with Crippen LogP contribution < -0.4 is 0 Å². The summed E-state index contributed by atoms with van der Waals surface area (Å²) < 4.78 is 23.6. The van der Waals surface area contributed by atoms with Gasteiger partial charge in [-0.05, 0) is 43.4 Å². The van der Waals surface area contributed by atoms with Gasteiger partial charge in [-0.3, -0.25) is 15.0 Å². The predicted molar refractivity (Wildman–Crippen MR) is 87.6 cm³/mol. The molecule has 0 amide bonds. The highest BCUT2D eigenvalue weighted by Gasteiger charge is 2.24. The molecule has 0 saturated carbocycles. The Labute approximate surface area is 136 Å². The van der Waals surface area contributed by atoms with Crippen LogP contribution in [-0.4, -0.2) is 47.8 Å². The van der Waals surface area contributed by atoms with Crippen LogP contribution in [0.4, 0.5) is 0 Å². The Bertz CT molecular complexity index is 742. The summed E-state index contributed by atoms with van der Waals surface area (Å²) in [6, 6.07) is 4.05. The van der Waals surface area contributed by atoms with Crippen LogP contribution in [0.5, 0.6) is 0 Å². The molecule has 0 spiro atoms. The largest absolute Gasteiger partial charge is 0.299 e. The zero-order valence-electron chi connectivity index (χ0n) is 13.3. The van der Waals surface area contributed by atoms with Crippen LogP contribution >= 0.6 is 0 Å². The summed E-state index contributed by atoms with van der Waals surface area (Å²) in [6.45, 7) is 2.94. The second kappa shape index (κ2) is 6.80. The fraction of sp³-hybridized carbons (Fsp3) is 0.500. The van der Waals surface area contributed by atoms with Crippen molar-refractivity contribution in [3.05, 3.63) is 42.0 Å². The van der Waals surface area contributed by atoms with Crippen LogP contribution in [0, 0.1) is 5.92 Å². The van der Waals surface area contributed by atoms with Gasteiger partial charge in [0.05, 0.1) is 11.9 Å². The number of aromatic nitrogens is 3. The van der Waals surface area contributed by atoms with Crippen molar-refractivity contribution in [3.63, 3.8) is 0 Å². The number of piperidine rings is 1. The number of hydrogen-bond donors (Lipinski definition) is 1. The van der Waals surface area contributed by atoms with Gasteiger partial charge in [0.25, 0.3) is 0 Å². The average molecular weight is 334 g/mol. The smallest absolute Gasteiger partial charge is 0.178 e. The van der Waals surface area contributed by atoms with Crippen molar-refractivity contribution in [2.24, 2.45) is 5.92 Å². The first-order valence-electron chi connectivity index (χ1n) is 7.86. The van der Waals surface area contributed by atoms with Gasteiger partial charge in [0, 0.05) is 31.7 Å². The van der Waals surface area contributed by atoms with E-state index in [-0.39, 0.29) is 0 Å². The number of nitrogens with one attached hydrogen (secondary N) is 1. The van der Waals surface area contributed by atoms with Crippen molar-refractivity contribution in [2.75, 3.05) is 19.3 Å². The lowest BCUT2D eigenvalue weighted by Crippen LogP contribution is -2.35. The van der Waals surface area contributed by atoms with Gasteiger partial charge in [-0.2, -0.15) is 5.10 Å². The van der Waals surface area contributed by atoms with Gasteiger partial charge in [0.2, 0.25) is 0 Å². The van der Waals surface area contributed by atoms with E-state index in [9.17, 15) is 8.42 Å². The Balaban J connectivity index is 1.64. The molecule has 0 bridgehead atoms. The van der Waals surface area contributed by atoms with Gasteiger partial charge in [0.1, 0.15) is 4.90 Å². The fourth-order valence-electron chi connectivity index (χ4n) is 3.27. The maximum Gasteiger partial charge on any atom is 0.178 e. The minimum Gasteiger partial charge on any atom is -0.299 e. The number of aromatic amines is 1. The molecule has 1 N–H and O–H groups in total. The van der Waals surface area contributed by atoms with E-state index < -0.39 is 9.84 Å². The molecule has 1 fully saturated rings. The Hall–Kier alpha value is -1.73. The first kappa shape index (κ1) is 16.1. The summed E-state index contributed by atoms with van der Waals surface area (Å²) in [4.78, 5) is 6.92. The maximum absolute atomic E-state index is 11.8. The first-order chi connectivity index (χ1) is 11.0. The molecule has 3 rings (SSSR count). The number of likely N-dealkylation sites (tertiary alicyclic amines) is 1. The molecule has 124 valence electrons. The highest BCUT2D eigenvalue weighted by molar-refractivity contribution is 7.90. The van der Waals surface area contributed by atoms with Gasteiger partial charge in [0.15, 0.2) is 9.84 Å². The molecular weight excluding hydrogens is 312 g/mol. The third-order valence-corrected chi connectivity index (χ3v) is 5.45. The zero-order valence-corrected chi connectivity index (χ0v) is 14.1. The summed E-state index contributed by atoms with van der Waals surface area (Å²) in [5.41, 5.74) is 1.95. The monoisotopic (exact) mass is 334 g/mol. The third-order valence-electron chi connectivity index (χ3n) is 4.30. The Morgan fingerprint density at radius 1 is 1.39 bits per heavy atom. The lowest BCUT2D eigenvalue weighted by molar-refractivity contribution is 0.166. The van der Waals surface area contributed by atoms with E-state index in [2.05, 4.69) is 26.1 Å². The summed E-state index contributed by atoms with van der Waals surface area (Å²) in [7, 11) is -3.22. The molecule has 23 heavy (non-hydrogen) atoms. The van der Waals surface area contributed by atoms with Gasteiger partial charge < -0.3 is 0 Å². The van der Waals surface area contributed by atoms with Gasteiger partial charge in [-0.1, -0.05) is 6.07 Å². The SMILES string of the molecule is CS(=O)(=O)c1cn[nH]c1C[C@H]1CCCN(Cc2cccnc2)C1. The Morgan fingerprint density at radius 3 is 3.00 bits per heavy atom. The summed E-state index contributed by atoms with van der Waals surface area (Å²) in [6.07, 6.45) is 9.32. The minimum atomic E-state index is -3.22. The molecule has 0 aliphatic carbocycles. The normalized spacial score (nSPS) is 19.8. The summed E-state index contributed by atoms with van der Waals surface area (Å²) >= 11 is 0. The van der Waals surface area contributed by atoms with E-state index in [4.69, 9.17) is 0 Å². The van der Waals surface area contributed by atoms with E-state index in [1.807, 2.05) is 12.3 Å². The average Bonchev–Trinajstić information content (AvgIpc) is 2.97. The van der Waals surface area contributed by atoms with Crippen LogP contribution in [0.1, 0.15) is 24.1 Å². The quantitative estimate of drug-likeness (QED) is 0.900. The highest BCUT2D eigenvalue weighted by atomic mass is 32.2. The topological polar surface area (TPSA) is 79.0 Å². The molecule has 0 unspecified atom stereocenters. The number of H-pyrrole nitrogens is 1. The molecular formula is C16H22N4O2S.